The Hall–Kier alpha value is -3.18. The summed E-state index contributed by atoms with van der Waals surface area (Å²) in [7, 11) is 1.55. The lowest BCUT2D eigenvalue weighted by Gasteiger charge is -2.20. The van der Waals surface area contributed by atoms with Gasteiger partial charge in [0.15, 0.2) is 6.10 Å². The lowest BCUT2D eigenvalue weighted by Crippen LogP contribution is -2.44. The molecule has 0 fully saturated rings. The molecule has 7 nitrogen and oxygen atoms in total. The van der Waals surface area contributed by atoms with Crippen LogP contribution in [-0.4, -0.2) is 54.6 Å². The van der Waals surface area contributed by atoms with E-state index in [0.717, 1.165) is 11.1 Å². The minimum Gasteiger partial charge on any atom is -0.479 e. The van der Waals surface area contributed by atoms with Crippen molar-refractivity contribution < 1.29 is 29.3 Å². The van der Waals surface area contributed by atoms with E-state index < -0.39 is 24.1 Å². The summed E-state index contributed by atoms with van der Waals surface area (Å²) in [5, 5.41) is 22.0. The highest BCUT2D eigenvalue weighted by atomic mass is 16.5. The van der Waals surface area contributed by atoms with Crippen LogP contribution in [0.5, 0.6) is 0 Å². The minimum absolute atomic E-state index is 0.0361. The first-order chi connectivity index (χ1) is 14.0. The number of carboxylic acid groups (broad SMARTS) is 1. The molecular formula is C22H23NO6. The topological polar surface area (TPSA) is 105 Å². The van der Waals surface area contributed by atoms with Gasteiger partial charge in [0.25, 0.3) is 5.91 Å². The van der Waals surface area contributed by atoms with Crippen LogP contribution in [0.15, 0.2) is 54.6 Å². The van der Waals surface area contributed by atoms with Crippen molar-refractivity contribution in [3.8, 4) is 11.8 Å². The maximum atomic E-state index is 12.2. The molecule has 0 heterocycles. The SMILES string of the molecule is COCC#Cc1ccc(C(=O)NC[C@@H](O)[C@H](OCc2ccccc2)C(=O)O)cc1. The molecule has 152 valence electrons. The zero-order valence-electron chi connectivity index (χ0n) is 16.0. The zero-order valence-corrected chi connectivity index (χ0v) is 16.0. The molecule has 2 atom stereocenters. The third kappa shape index (κ3) is 7.39. The molecule has 0 bridgehead atoms. The summed E-state index contributed by atoms with van der Waals surface area (Å²) in [4.78, 5) is 23.6. The number of carboxylic acids is 1. The van der Waals surface area contributed by atoms with Gasteiger partial charge in [0.05, 0.1) is 6.61 Å². The molecule has 2 rings (SSSR count). The van der Waals surface area contributed by atoms with E-state index in [0.29, 0.717) is 12.2 Å². The Morgan fingerprint density at radius 3 is 2.41 bits per heavy atom. The van der Waals surface area contributed by atoms with Gasteiger partial charge in [-0.1, -0.05) is 42.2 Å². The van der Waals surface area contributed by atoms with E-state index in [9.17, 15) is 19.8 Å². The predicted octanol–water partition coefficient (Wildman–Crippen LogP) is 1.45. The molecule has 0 radical (unpaired) electrons. The van der Waals surface area contributed by atoms with Crippen molar-refractivity contribution in [2.75, 3.05) is 20.3 Å². The Labute approximate surface area is 169 Å². The molecule has 29 heavy (non-hydrogen) atoms. The van der Waals surface area contributed by atoms with Crippen LogP contribution < -0.4 is 5.32 Å². The van der Waals surface area contributed by atoms with Gasteiger partial charge in [-0.05, 0) is 29.8 Å². The number of aliphatic hydroxyl groups excluding tert-OH is 1. The molecule has 0 unspecified atom stereocenters. The van der Waals surface area contributed by atoms with Gasteiger partial charge in [-0.25, -0.2) is 4.79 Å². The molecule has 0 aliphatic heterocycles. The summed E-state index contributed by atoms with van der Waals surface area (Å²) in [6.07, 6.45) is -2.87. The number of hydrogen-bond donors (Lipinski definition) is 3. The van der Waals surface area contributed by atoms with Gasteiger partial charge < -0.3 is 25.0 Å². The van der Waals surface area contributed by atoms with Crippen LogP contribution in [0, 0.1) is 11.8 Å². The average Bonchev–Trinajstić information content (AvgIpc) is 2.73. The maximum Gasteiger partial charge on any atom is 0.335 e. The highest BCUT2D eigenvalue weighted by Crippen LogP contribution is 2.08. The van der Waals surface area contributed by atoms with Crippen molar-refractivity contribution in [1.29, 1.82) is 0 Å². The maximum absolute atomic E-state index is 12.2. The first-order valence-electron chi connectivity index (χ1n) is 8.93. The van der Waals surface area contributed by atoms with Gasteiger partial charge in [-0.3, -0.25) is 4.79 Å². The van der Waals surface area contributed by atoms with Crippen molar-refractivity contribution in [2.45, 2.75) is 18.8 Å². The van der Waals surface area contributed by atoms with E-state index in [1.165, 1.54) is 0 Å². The summed E-state index contributed by atoms with van der Waals surface area (Å²) in [5.41, 5.74) is 1.88. The van der Waals surface area contributed by atoms with Crippen LogP contribution in [-0.2, 0) is 20.9 Å². The highest BCUT2D eigenvalue weighted by molar-refractivity contribution is 5.94. The lowest BCUT2D eigenvalue weighted by molar-refractivity contribution is -0.159. The number of aliphatic carboxylic acids is 1. The van der Waals surface area contributed by atoms with Gasteiger partial charge >= 0.3 is 5.97 Å². The van der Waals surface area contributed by atoms with E-state index >= 15 is 0 Å². The molecule has 0 aliphatic carbocycles. The third-order valence-corrected chi connectivity index (χ3v) is 3.93. The first kappa shape index (κ1) is 22.1. The van der Waals surface area contributed by atoms with E-state index in [4.69, 9.17) is 9.47 Å². The number of aliphatic hydroxyl groups is 1. The van der Waals surface area contributed by atoms with Crippen LogP contribution in [0.4, 0.5) is 0 Å². The number of ether oxygens (including phenoxy) is 2. The minimum atomic E-state index is -1.46. The number of rotatable bonds is 9. The lowest BCUT2D eigenvalue weighted by atomic mass is 10.1. The van der Waals surface area contributed by atoms with Crippen molar-refractivity contribution >= 4 is 11.9 Å². The Kier molecular flexibility index (Phi) is 8.86. The molecule has 2 aromatic carbocycles. The van der Waals surface area contributed by atoms with E-state index in [1.54, 1.807) is 55.6 Å². The van der Waals surface area contributed by atoms with Crippen LogP contribution in [0.1, 0.15) is 21.5 Å². The first-order valence-corrected chi connectivity index (χ1v) is 8.93. The van der Waals surface area contributed by atoms with Gasteiger partial charge in [0, 0.05) is 24.8 Å². The van der Waals surface area contributed by atoms with E-state index in [-0.39, 0.29) is 13.2 Å². The zero-order chi connectivity index (χ0) is 21.1. The van der Waals surface area contributed by atoms with E-state index in [2.05, 4.69) is 17.2 Å². The summed E-state index contributed by atoms with van der Waals surface area (Å²) < 4.78 is 10.2. The second-order valence-corrected chi connectivity index (χ2v) is 6.14. The largest absolute Gasteiger partial charge is 0.479 e. The summed E-state index contributed by atoms with van der Waals surface area (Å²) >= 11 is 0. The summed E-state index contributed by atoms with van der Waals surface area (Å²) in [6.45, 7) is 0.0889. The van der Waals surface area contributed by atoms with Gasteiger partial charge in [-0.2, -0.15) is 0 Å². The fourth-order valence-electron chi connectivity index (χ4n) is 2.43. The van der Waals surface area contributed by atoms with Crippen molar-refractivity contribution in [3.63, 3.8) is 0 Å². The highest BCUT2D eigenvalue weighted by Gasteiger charge is 2.28. The molecule has 2 aromatic rings. The Bertz CT molecular complexity index is 854. The number of benzene rings is 2. The number of amides is 1. The van der Waals surface area contributed by atoms with Gasteiger partial charge in [0.1, 0.15) is 12.7 Å². The van der Waals surface area contributed by atoms with Crippen LogP contribution in [0.25, 0.3) is 0 Å². The fraction of sp³-hybridized carbons (Fsp3) is 0.273. The molecule has 1 amide bonds. The van der Waals surface area contributed by atoms with Gasteiger partial charge in [0.2, 0.25) is 0 Å². The molecular weight excluding hydrogens is 374 g/mol. The predicted molar refractivity (Wildman–Crippen MR) is 106 cm³/mol. The Morgan fingerprint density at radius 1 is 1.10 bits per heavy atom. The van der Waals surface area contributed by atoms with Crippen LogP contribution in [0.3, 0.4) is 0 Å². The van der Waals surface area contributed by atoms with Crippen molar-refractivity contribution in [3.05, 3.63) is 71.3 Å². The van der Waals surface area contributed by atoms with Gasteiger partial charge in [-0.15, -0.1) is 0 Å². The van der Waals surface area contributed by atoms with E-state index in [1.807, 2.05) is 6.07 Å². The quantitative estimate of drug-likeness (QED) is 0.553. The van der Waals surface area contributed by atoms with Crippen molar-refractivity contribution in [2.24, 2.45) is 0 Å². The molecule has 0 aliphatic rings. The Morgan fingerprint density at radius 2 is 1.79 bits per heavy atom. The molecule has 0 saturated heterocycles. The number of methoxy groups -OCH3 is 1. The fourth-order valence-corrected chi connectivity index (χ4v) is 2.43. The Balaban J connectivity index is 1.88. The van der Waals surface area contributed by atoms with Crippen LogP contribution >= 0.6 is 0 Å². The molecule has 0 saturated carbocycles. The second kappa shape index (κ2) is 11.6. The third-order valence-electron chi connectivity index (χ3n) is 3.93. The standard InChI is InChI=1S/C22H23NO6/c1-28-13-5-8-16-9-11-18(12-10-16)21(25)23-14-19(24)20(22(26)27)29-15-17-6-3-2-4-7-17/h2-4,6-7,9-12,19-20,24H,13-15H2,1H3,(H,23,25)(H,26,27)/t19-,20+/m1/s1. The smallest absolute Gasteiger partial charge is 0.335 e. The molecule has 0 aromatic heterocycles. The number of carbonyl (C=O) groups excluding carboxylic acids is 1. The van der Waals surface area contributed by atoms with Crippen LogP contribution in [0.2, 0.25) is 0 Å². The molecule has 0 spiro atoms. The molecule has 7 heteroatoms. The number of hydrogen-bond acceptors (Lipinski definition) is 5. The average molecular weight is 397 g/mol. The van der Waals surface area contributed by atoms with Crippen molar-refractivity contribution in [1.82, 2.24) is 5.32 Å². The summed E-state index contributed by atoms with van der Waals surface area (Å²) in [5.74, 6) is 3.96. The number of carbonyl (C=O) groups is 2. The second-order valence-electron chi connectivity index (χ2n) is 6.14. The monoisotopic (exact) mass is 397 g/mol. The molecule has 3 N–H and O–H groups in total. The number of nitrogens with one attached hydrogen (secondary N) is 1. The normalized spacial score (nSPS) is 12.3. The summed E-state index contributed by atoms with van der Waals surface area (Å²) in [6, 6.07) is 15.6.